The average molecular weight is 381 g/mol. The van der Waals surface area contributed by atoms with Gasteiger partial charge in [-0.15, -0.1) is 11.3 Å². The first kappa shape index (κ1) is 17.0. The molecule has 0 aliphatic heterocycles. The molecule has 130 valence electrons. The maximum Gasteiger partial charge on any atom is 0.263 e. The van der Waals surface area contributed by atoms with Gasteiger partial charge in [0.05, 0.1) is 18.3 Å². The Morgan fingerprint density at radius 2 is 1.88 bits per heavy atom. The number of halogens is 1. The van der Waals surface area contributed by atoms with Gasteiger partial charge in [0.2, 0.25) is 0 Å². The van der Waals surface area contributed by atoms with E-state index in [1.807, 2.05) is 29.6 Å². The number of aryl methyl sites for hydroxylation is 1. The third kappa shape index (κ3) is 3.06. The molecular formula is C21H17ClN2OS. The van der Waals surface area contributed by atoms with Crippen molar-refractivity contribution in [3.63, 3.8) is 0 Å². The monoisotopic (exact) mass is 380 g/mol. The van der Waals surface area contributed by atoms with E-state index in [0.717, 1.165) is 27.9 Å². The lowest BCUT2D eigenvalue weighted by atomic mass is 10.0. The highest BCUT2D eigenvalue weighted by Crippen LogP contribution is 2.31. The molecule has 26 heavy (non-hydrogen) atoms. The topological polar surface area (TPSA) is 34.9 Å². The second kappa shape index (κ2) is 7.06. The van der Waals surface area contributed by atoms with Crippen LogP contribution in [0, 0.1) is 0 Å². The van der Waals surface area contributed by atoms with Crippen molar-refractivity contribution in [1.29, 1.82) is 0 Å². The molecule has 0 unspecified atom stereocenters. The lowest BCUT2D eigenvalue weighted by molar-refractivity contribution is 0.750. The molecule has 0 saturated carbocycles. The number of nitrogens with zero attached hydrogens (tertiary/aromatic N) is 2. The van der Waals surface area contributed by atoms with Crippen LogP contribution in [0.4, 0.5) is 0 Å². The van der Waals surface area contributed by atoms with Crippen LogP contribution in [0.5, 0.6) is 0 Å². The lowest BCUT2D eigenvalue weighted by Gasteiger charge is -2.08. The van der Waals surface area contributed by atoms with Crippen LogP contribution in [0.25, 0.3) is 21.3 Å². The highest BCUT2D eigenvalue weighted by Gasteiger charge is 2.14. The molecule has 0 amide bonds. The molecule has 0 atom stereocenters. The second-order valence-electron chi connectivity index (χ2n) is 6.15. The quantitative estimate of drug-likeness (QED) is 0.475. The van der Waals surface area contributed by atoms with Gasteiger partial charge >= 0.3 is 0 Å². The van der Waals surface area contributed by atoms with E-state index in [1.54, 1.807) is 10.9 Å². The van der Waals surface area contributed by atoms with Crippen molar-refractivity contribution in [2.45, 2.75) is 19.9 Å². The molecule has 2 aromatic heterocycles. The van der Waals surface area contributed by atoms with E-state index in [9.17, 15) is 4.79 Å². The van der Waals surface area contributed by atoms with Crippen LogP contribution in [-0.4, -0.2) is 9.55 Å². The SMILES string of the molecule is CCc1ccc(-c2csc3ncn(Cc4ccccc4Cl)c(=O)c23)cc1. The molecule has 2 aromatic carbocycles. The summed E-state index contributed by atoms with van der Waals surface area (Å²) in [7, 11) is 0. The van der Waals surface area contributed by atoms with Crippen molar-refractivity contribution in [2.75, 3.05) is 0 Å². The van der Waals surface area contributed by atoms with Crippen molar-refractivity contribution in [2.24, 2.45) is 0 Å². The molecule has 0 fully saturated rings. The molecule has 4 rings (SSSR count). The Labute approximate surface area is 160 Å². The molecule has 5 heteroatoms. The van der Waals surface area contributed by atoms with Crippen molar-refractivity contribution < 1.29 is 0 Å². The summed E-state index contributed by atoms with van der Waals surface area (Å²) in [5.74, 6) is 0. The summed E-state index contributed by atoms with van der Waals surface area (Å²) in [6.07, 6.45) is 2.60. The summed E-state index contributed by atoms with van der Waals surface area (Å²) in [4.78, 5) is 18.4. The maximum absolute atomic E-state index is 13.1. The summed E-state index contributed by atoms with van der Waals surface area (Å²) in [5, 5.41) is 3.34. The first-order valence-electron chi connectivity index (χ1n) is 8.46. The highest BCUT2D eigenvalue weighted by molar-refractivity contribution is 7.17. The van der Waals surface area contributed by atoms with Gasteiger partial charge in [0, 0.05) is 16.0 Å². The van der Waals surface area contributed by atoms with Gasteiger partial charge in [-0.3, -0.25) is 9.36 Å². The highest BCUT2D eigenvalue weighted by atomic mass is 35.5. The number of benzene rings is 2. The van der Waals surface area contributed by atoms with E-state index in [4.69, 9.17) is 11.6 Å². The van der Waals surface area contributed by atoms with Gasteiger partial charge in [0.1, 0.15) is 4.83 Å². The minimum absolute atomic E-state index is 0.0364. The first-order chi connectivity index (χ1) is 12.7. The Morgan fingerprint density at radius 1 is 1.12 bits per heavy atom. The van der Waals surface area contributed by atoms with Gasteiger partial charge in [-0.25, -0.2) is 4.98 Å². The molecular weight excluding hydrogens is 364 g/mol. The molecule has 0 aliphatic rings. The van der Waals surface area contributed by atoms with Gasteiger partial charge < -0.3 is 0 Å². The number of aromatic nitrogens is 2. The summed E-state index contributed by atoms with van der Waals surface area (Å²) in [5.41, 5.74) is 4.14. The molecule has 0 spiro atoms. The van der Waals surface area contributed by atoms with Gasteiger partial charge in [-0.05, 0) is 29.2 Å². The van der Waals surface area contributed by atoms with Crippen molar-refractivity contribution in [3.8, 4) is 11.1 Å². The number of rotatable bonds is 4. The first-order valence-corrected chi connectivity index (χ1v) is 9.72. The normalized spacial score (nSPS) is 11.2. The Balaban J connectivity index is 1.81. The second-order valence-corrected chi connectivity index (χ2v) is 7.41. The minimum Gasteiger partial charge on any atom is -0.294 e. The number of hydrogen-bond acceptors (Lipinski definition) is 3. The molecule has 0 N–H and O–H groups in total. The summed E-state index contributed by atoms with van der Waals surface area (Å²) < 4.78 is 1.63. The molecule has 2 heterocycles. The largest absolute Gasteiger partial charge is 0.294 e. The molecule has 3 nitrogen and oxygen atoms in total. The number of fused-ring (bicyclic) bond motifs is 1. The van der Waals surface area contributed by atoms with Gasteiger partial charge in [0.15, 0.2) is 0 Å². The minimum atomic E-state index is -0.0364. The van der Waals surface area contributed by atoms with Gasteiger partial charge in [-0.2, -0.15) is 0 Å². The van der Waals surface area contributed by atoms with Gasteiger partial charge in [-0.1, -0.05) is 61.0 Å². The molecule has 0 saturated heterocycles. The predicted molar refractivity (Wildman–Crippen MR) is 109 cm³/mol. The number of hydrogen-bond donors (Lipinski definition) is 0. The Morgan fingerprint density at radius 3 is 2.62 bits per heavy atom. The fourth-order valence-electron chi connectivity index (χ4n) is 3.02. The third-order valence-corrected chi connectivity index (χ3v) is 5.79. The van der Waals surface area contributed by atoms with Gasteiger partial charge in [0.25, 0.3) is 5.56 Å². The Bertz CT molecular complexity index is 1130. The van der Waals surface area contributed by atoms with Crippen molar-refractivity contribution in [3.05, 3.63) is 86.7 Å². The van der Waals surface area contributed by atoms with Crippen LogP contribution in [0.2, 0.25) is 5.02 Å². The van der Waals surface area contributed by atoms with Crippen LogP contribution in [0.1, 0.15) is 18.1 Å². The van der Waals surface area contributed by atoms with E-state index < -0.39 is 0 Å². The van der Waals surface area contributed by atoms with Crippen LogP contribution in [0.3, 0.4) is 0 Å². The van der Waals surface area contributed by atoms with E-state index in [-0.39, 0.29) is 5.56 Å². The summed E-state index contributed by atoms with van der Waals surface area (Å²) >= 11 is 7.75. The number of thiophene rings is 1. The zero-order valence-corrected chi connectivity index (χ0v) is 15.8. The Hall–Kier alpha value is -2.43. The van der Waals surface area contributed by atoms with Crippen LogP contribution < -0.4 is 5.56 Å². The van der Waals surface area contributed by atoms with E-state index in [2.05, 4.69) is 36.2 Å². The Kier molecular flexibility index (Phi) is 4.62. The van der Waals surface area contributed by atoms with Crippen LogP contribution in [0.15, 0.2) is 65.0 Å². The lowest BCUT2D eigenvalue weighted by Crippen LogP contribution is -2.21. The zero-order chi connectivity index (χ0) is 18.1. The van der Waals surface area contributed by atoms with Crippen molar-refractivity contribution >= 4 is 33.2 Å². The van der Waals surface area contributed by atoms with Crippen LogP contribution >= 0.6 is 22.9 Å². The molecule has 0 aliphatic carbocycles. The fraction of sp³-hybridized carbons (Fsp3) is 0.143. The summed E-state index contributed by atoms with van der Waals surface area (Å²) in [6, 6.07) is 15.9. The van der Waals surface area contributed by atoms with E-state index >= 15 is 0 Å². The summed E-state index contributed by atoms with van der Waals surface area (Å²) in [6.45, 7) is 2.54. The van der Waals surface area contributed by atoms with Crippen molar-refractivity contribution in [1.82, 2.24) is 9.55 Å². The predicted octanol–water partition coefficient (Wildman–Crippen LogP) is 5.39. The average Bonchev–Trinajstić information content (AvgIpc) is 3.10. The van der Waals surface area contributed by atoms with Crippen LogP contribution in [-0.2, 0) is 13.0 Å². The fourth-order valence-corrected chi connectivity index (χ4v) is 4.12. The van der Waals surface area contributed by atoms with E-state index in [1.165, 1.54) is 16.9 Å². The molecule has 4 aromatic rings. The third-order valence-electron chi connectivity index (χ3n) is 4.53. The maximum atomic E-state index is 13.1. The standard InChI is InChI=1S/C21H17ClN2OS/c1-2-14-7-9-15(10-8-14)17-12-26-20-19(17)21(25)24(13-23-20)11-16-5-3-4-6-18(16)22/h3-10,12-13H,2,11H2,1H3. The molecule has 0 radical (unpaired) electrons. The molecule has 0 bridgehead atoms. The van der Waals surface area contributed by atoms with E-state index in [0.29, 0.717) is 17.0 Å². The smallest absolute Gasteiger partial charge is 0.263 e. The zero-order valence-electron chi connectivity index (χ0n) is 14.3.